The number of rotatable bonds is 7. The molecule has 0 radical (unpaired) electrons. The molecule has 0 saturated carbocycles. The second-order valence-electron chi connectivity index (χ2n) is 5.34. The number of para-hydroxylation sites is 1. The summed E-state index contributed by atoms with van der Waals surface area (Å²) >= 11 is 3.12. The van der Waals surface area contributed by atoms with Crippen molar-refractivity contribution in [1.82, 2.24) is 15.3 Å². The number of nitrogens with zero attached hydrogens (tertiary/aromatic N) is 2. The molecule has 0 aliphatic rings. The topological polar surface area (TPSA) is 64.1 Å². The van der Waals surface area contributed by atoms with Crippen LogP contribution >= 0.6 is 23.1 Å². The van der Waals surface area contributed by atoms with Crippen molar-refractivity contribution < 1.29 is 9.53 Å². The lowest BCUT2D eigenvalue weighted by atomic mass is 10.2. The predicted molar refractivity (Wildman–Crippen MR) is 102 cm³/mol. The monoisotopic (exact) mass is 373 g/mol. The van der Waals surface area contributed by atoms with Gasteiger partial charge in [-0.3, -0.25) is 4.79 Å². The molecule has 1 N–H and O–H groups in total. The minimum atomic E-state index is -0.0337. The quantitative estimate of drug-likeness (QED) is 0.506. The molecule has 3 rings (SSSR count). The molecule has 0 aliphatic carbocycles. The van der Waals surface area contributed by atoms with Crippen molar-refractivity contribution in [3.8, 4) is 5.75 Å². The van der Waals surface area contributed by atoms with Crippen LogP contribution in [0.4, 0.5) is 0 Å². The Bertz CT molecular complexity index is 880. The van der Waals surface area contributed by atoms with Crippen molar-refractivity contribution in [3.63, 3.8) is 0 Å². The van der Waals surface area contributed by atoms with Gasteiger partial charge in [-0.05, 0) is 18.6 Å². The van der Waals surface area contributed by atoms with Crippen molar-refractivity contribution >= 4 is 39.2 Å². The van der Waals surface area contributed by atoms with E-state index in [2.05, 4.69) is 28.3 Å². The van der Waals surface area contributed by atoms with Crippen LogP contribution in [0.15, 0.2) is 41.7 Å². The summed E-state index contributed by atoms with van der Waals surface area (Å²) < 4.78 is 5.30. The number of benzene rings is 1. The van der Waals surface area contributed by atoms with Crippen molar-refractivity contribution in [2.24, 2.45) is 0 Å². The number of nitrogens with one attached hydrogen (secondary N) is 1. The minimum Gasteiger partial charge on any atom is -0.496 e. The number of aryl methyl sites for hydroxylation is 1. The maximum Gasteiger partial charge on any atom is 0.230 e. The van der Waals surface area contributed by atoms with Crippen LogP contribution in [0.3, 0.4) is 0 Å². The minimum absolute atomic E-state index is 0.0337. The van der Waals surface area contributed by atoms with Crippen LogP contribution in [0.25, 0.3) is 10.2 Å². The largest absolute Gasteiger partial charge is 0.496 e. The fourth-order valence-electron chi connectivity index (χ4n) is 2.40. The number of methoxy groups -OCH3 is 1. The van der Waals surface area contributed by atoms with Crippen LogP contribution < -0.4 is 10.1 Å². The first-order valence-corrected chi connectivity index (χ1v) is 9.76. The SMILES string of the molecule is CCc1cc2c(SCC(=O)NCc3ccccc3OC)ncnc2s1. The summed E-state index contributed by atoms with van der Waals surface area (Å²) in [6, 6.07) is 9.78. The molecule has 0 saturated heterocycles. The Kier molecular flexibility index (Phi) is 5.88. The molecule has 1 amide bonds. The molecule has 7 heteroatoms. The molecule has 0 spiro atoms. The van der Waals surface area contributed by atoms with Crippen LogP contribution in [-0.2, 0) is 17.8 Å². The lowest BCUT2D eigenvalue weighted by molar-refractivity contribution is -0.118. The zero-order valence-electron chi connectivity index (χ0n) is 14.1. The van der Waals surface area contributed by atoms with Crippen molar-refractivity contribution in [1.29, 1.82) is 0 Å². The lowest BCUT2D eigenvalue weighted by Crippen LogP contribution is -2.24. The van der Waals surface area contributed by atoms with E-state index in [0.717, 1.165) is 33.0 Å². The van der Waals surface area contributed by atoms with Gasteiger partial charge in [-0.25, -0.2) is 9.97 Å². The van der Waals surface area contributed by atoms with E-state index in [9.17, 15) is 4.79 Å². The number of carbonyl (C=O) groups is 1. The fraction of sp³-hybridized carbons (Fsp3) is 0.278. The molecule has 25 heavy (non-hydrogen) atoms. The number of hydrogen-bond donors (Lipinski definition) is 1. The van der Waals surface area contributed by atoms with Gasteiger partial charge >= 0.3 is 0 Å². The van der Waals surface area contributed by atoms with Gasteiger partial charge in [0.05, 0.1) is 12.9 Å². The Morgan fingerprint density at radius 3 is 2.96 bits per heavy atom. The number of carbonyl (C=O) groups excluding carboxylic acids is 1. The molecule has 2 aromatic heterocycles. The third-order valence-corrected chi connectivity index (χ3v) is 5.89. The van der Waals surface area contributed by atoms with Crippen LogP contribution in [0.5, 0.6) is 5.75 Å². The van der Waals surface area contributed by atoms with Gasteiger partial charge in [0.2, 0.25) is 5.91 Å². The average molecular weight is 374 g/mol. The van der Waals surface area contributed by atoms with Crippen LogP contribution in [-0.4, -0.2) is 28.7 Å². The number of thiophene rings is 1. The standard InChI is InChI=1S/C18H19N3O2S2/c1-3-13-8-14-17(20-11-21-18(14)25-13)24-10-16(22)19-9-12-6-4-5-7-15(12)23-2/h4-8,11H,3,9-10H2,1-2H3,(H,19,22). The summed E-state index contributed by atoms with van der Waals surface area (Å²) in [6.45, 7) is 2.57. The molecule has 0 aliphatic heterocycles. The number of fused-ring (bicyclic) bond motifs is 1. The highest BCUT2D eigenvalue weighted by atomic mass is 32.2. The summed E-state index contributed by atoms with van der Waals surface area (Å²) in [7, 11) is 1.63. The summed E-state index contributed by atoms with van der Waals surface area (Å²) in [4.78, 5) is 23.1. The van der Waals surface area contributed by atoms with Crippen molar-refractivity contribution in [2.75, 3.05) is 12.9 Å². The van der Waals surface area contributed by atoms with Gasteiger partial charge < -0.3 is 10.1 Å². The second kappa shape index (κ2) is 8.31. The number of thioether (sulfide) groups is 1. The Morgan fingerprint density at radius 1 is 1.32 bits per heavy atom. The molecular formula is C18H19N3O2S2. The van der Waals surface area contributed by atoms with Gasteiger partial charge in [0.25, 0.3) is 0 Å². The molecule has 0 bridgehead atoms. The first-order valence-electron chi connectivity index (χ1n) is 7.96. The van der Waals surface area contributed by atoms with Crippen LogP contribution in [0, 0.1) is 0 Å². The van der Waals surface area contributed by atoms with Gasteiger partial charge in [0.15, 0.2) is 0 Å². The number of aromatic nitrogens is 2. The highest BCUT2D eigenvalue weighted by molar-refractivity contribution is 8.00. The number of hydrogen-bond acceptors (Lipinski definition) is 6. The molecular weight excluding hydrogens is 354 g/mol. The van der Waals surface area contributed by atoms with E-state index in [4.69, 9.17) is 4.74 Å². The van der Waals surface area contributed by atoms with Gasteiger partial charge in [0, 0.05) is 22.4 Å². The van der Waals surface area contributed by atoms with Gasteiger partial charge in [-0.1, -0.05) is 36.9 Å². The first-order chi connectivity index (χ1) is 12.2. The maximum atomic E-state index is 12.2. The summed E-state index contributed by atoms with van der Waals surface area (Å²) in [6.07, 6.45) is 2.54. The summed E-state index contributed by atoms with van der Waals surface area (Å²) in [5, 5.41) is 4.82. The first kappa shape index (κ1) is 17.7. The summed E-state index contributed by atoms with van der Waals surface area (Å²) in [5.74, 6) is 1.06. The maximum absolute atomic E-state index is 12.2. The molecule has 130 valence electrons. The van der Waals surface area contributed by atoms with E-state index in [1.807, 2.05) is 24.3 Å². The second-order valence-corrected chi connectivity index (χ2v) is 7.42. The third kappa shape index (κ3) is 4.29. The van der Waals surface area contributed by atoms with E-state index >= 15 is 0 Å². The highest BCUT2D eigenvalue weighted by Gasteiger charge is 2.11. The molecule has 3 aromatic rings. The van der Waals surface area contributed by atoms with Crippen LogP contribution in [0.2, 0.25) is 0 Å². The molecule has 1 aromatic carbocycles. The van der Waals surface area contributed by atoms with Gasteiger partial charge in [0.1, 0.15) is 21.9 Å². The molecule has 2 heterocycles. The van der Waals surface area contributed by atoms with Gasteiger partial charge in [-0.2, -0.15) is 0 Å². The van der Waals surface area contributed by atoms with E-state index in [0.29, 0.717) is 12.3 Å². The molecule has 0 atom stereocenters. The zero-order valence-corrected chi connectivity index (χ0v) is 15.7. The van der Waals surface area contributed by atoms with E-state index in [1.54, 1.807) is 24.8 Å². The molecule has 0 unspecified atom stereocenters. The highest BCUT2D eigenvalue weighted by Crippen LogP contribution is 2.30. The Labute approximate surface area is 154 Å². The zero-order chi connectivity index (χ0) is 17.6. The summed E-state index contributed by atoms with van der Waals surface area (Å²) in [5.41, 5.74) is 0.957. The Hall–Kier alpha value is -2.12. The number of ether oxygens (including phenoxy) is 1. The molecule has 5 nitrogen and oxygen atoms in total. The lowest BCUT2D eigenvalue weighted by Gasteiger charge is -2.09. The Morgan fingerprint density at radius 2 is 2.16 bits per heavy atom. The Balaban J connectivity index is 1.60. The van der Waals surface area contributed by atoms with Crippen molar-refractivity contribution in [2.45, 2.75) is 24.9 Å². The van der Waals surface area contributed by atoms with E-state index < -0.39 is 0 Å². The fourth-order valence-corrected chi connectivity index (χ4v) is 4.20. The van der Waals surface area contributed by atoms with Gasteiger partial charge in [-0.15, -0.1) is 11.3 Å². The van der Waals surface area contributed by atoms with Crippen LogP contribution in [0.1, 0.15) is 17.4 Å². The number of amides is 1. The molecule has 0 fully saturated rings. The van der Waals surface area contributed by atoms with E-state index in [1.165, 1.54) is 16.6 Å². The van der Waals surface area contributed by atoms with E-state index in [-0.39, 0.29) is 5.91 Å². The third-order valence-electron chi connectivity index (χ3n) is 3.70. The smallest absolute Gasteiger partial charge is 0.230 e. The predicted octanol–water partition coefficient (Wildman–Crippen LogP) is 3.67. The van der Waals surface area contributed by atoms with Crippen molar-refractivity contribution in [3.05, 3.63) is 47.1 Å². The average Bonchev–Trinajstić information content (AvgIpc) is 3.08. The normalized spacial score (nSPS) is 10.8.